The summed E-state index contributed by atoms with van der Waals surface area (Å²) < 4.78 is 8.76. The first kappa shape index (κ1) is 23.6. The van der Waals surface area contributed by atoms with Gasteiger partial charge in [0.2, 0.25) is 11.9 Å². The lowest BCUT2D eigenvalue weighted by Crippen LogP contribution is -2.32. The highest BCUT2D eigenvalue weighted by Crippen LogP contribution is 2.27. The van der Waals surface area contributed by atoms with Crippen LogP contribution in [0.5, 0.6) is 0 Å². The third-order valence-electron chi connectivity index (χ3n) is 6.09. The molecule has 1 unspecified atom stereocenters. The van der Waals surface area contributed by atoms with Gasteiger partial charge in [-0.05, 0) is 19.4 Å². The molecule has 13 heteroatoms. The van der Waals surface area contributed by atoms with Crippen LogP contribution < -0.4 is 16.0 Å². The average molecular weight is 492 g/mol. The first-order chi connectivity index (χ1) is 17.4. The zero-order valence-electron chi connectivity index (χ0n) is 20.7. The predicted octanol–water partition coefficient (Wildman–Crippen LogP) is 1.95. The molecule has 0 saturated carbocycles. The number of rotatable bonds is 8. The van der Waals surface area contributed by atoms with Crippen LogP contribution >= 0.6 is 0 Å². The Morgan fingerprint density at radius 3 is 2.78 bits per heavy atom. The van der Waals surface area contributed by atoms with E-state index in [0.717, 1.165) is 42.0 Å². The van der Waals surface area contributed by atoms with Crippen molar-refractivity contribution in [2.24, 2.45) is 14.1 Å². The van der Waals surface area contributed by atoms with Gasteiger partial charge in [-0.15, -0.1) is 0 Å². The molecule has 0 spiro atoms. The van der Waals surface area contributed by atoms with Gasteiger partial charge in [-0.3, -0.25) is 19.4 Å². The van der Waals surface area contributed by atoms with Crippen molar-refractivity contribution in [3.05, 3.63) is 36.5 Å². The summed E-state index contributed by atoms with van der Waals surface area (Å²) in [6, 6.07) is 1.85. The highest BCUT2D eigenvalue weighted by Gasteiger charge is 2.23. The summed E-state index contributed by atoms with van der Waals surface area (Å²) in [5, 5.41) is 18.9. The molecule has 5 rings (SSSR count). The van der Waals surface area contributed by atoms with Crippen LogP contribution in [0.2, 0.25) is 0 Å². The molecule has 188 valence electrons. The van der Waals surface area contributed by atoms with E-state index in [1.54, 1.807) is 35.1 Å². The number of nitrogens with one attached hydrogen (secondary N) is 3. The minimum absolute atomic E-state index is 0.0892. The number of anilines is 5. The maximum atomic E-state index is 12.6. The van der Waals surface area contributed by atoms with Gasteiger partial charge in [0.15, 0.2) is 11.5 Å². The van der Waals surface area contributed by atoms with Crippen LogP contribution in [0.1, 0.15) is 12.1 Å². The van der Waals surface area contributed by atoms with Gasteiger partial charge in [-0.1, -0.05) is 0 Å². The van der Waals surface area contributed by atoms with Gasteiger partial charge in [0, 0.05) is 46.7 Å². The van der Waals surface area contributed by atoms with Crippen molar-refractivity contribution in [3.63, 3.8) is 0 Å². The maximum absolute atomic E-state index is 12.6. The standard InChI is InChI=1S/C23H29N11O2/c1-14-19(7-15(8-24-14)27-20(35)13-34-6-5-17(12-34)36-4)29-21-18-10-25-23(30-22(18)33(3)31-21)28-16-9-26-32(2)11-16/h7-11,17H,5-6,12-13H2,1-4H3,(H,27,35)(H,29,31)(H,25,28,30). The van der Waals surface area contributed by atoms with Crippen LogP contribution in [0.4, 0.5) is 28.8 Å². The molecular weight excluding hydrogens is 462 g/mol. The Morgan fingerprint density at radius 2 is 2.03 bits per heavy atom. The Labute approximate surface area is 207 Å². The highest BCUT2D eigenvalue weighted by molar-refractivity contribution is 5.93. The molecule has 1 atom stereocenters. The zero-order valence-corrected chi connectivity index (χ0v) is 20.7. The van der Waals surface area contributed by atoms with Gasteiger partial charge in [0.25, 0.3) is 0 Å². The minimum Gasteiger partial charge on any atom is -0.380 e. The topological polar surface area (TPSA) is 140 Å². The Kier molecular flexibility index (Phi) is 6.48. The normalized spacial score (nSPS) is 15.9. The van der Waals surface area contributed by atoms with E-state index < -0.39 is 0 Å². The number of aromatic nitrogens is 7. The summed E-state index contributed by atoms with van der Waals surface area (Å²) in [6.07, 6.45) is 8.03. The van der Waals surface area contributed by atoms with E-state index in [9.17, 15) is 4.79 Å². The third kappa shape index (κ3) is 5.11. The molecule has 1 aliphatic rings. The fourth-order valence-electron chi connectivity index (χ4n) is 4.20. The lowest BCUT2D eigenvalue weighted by Gasteiger charge is -2.15. The van der Waals surface area contributed by atoms with E-state index in [2.05, 4.69) is 46.0 Å². The summed E-state index contributed by atoms with van der Waals surface area (Å²) in [4.78, 5) is 28.1. The lowest BCUT2D eigenvalue weighted by molar-refractivity contribution is -0.117. The van der Waals surface area contributed by atoms with E-state index in [-0.39, 0.29) is 12.0 Å². The minimum atomic E-state index is -0.0892. The summed E-state index contributed by atoms with van der Waals surface area (Å²) in [5.74, 6) is 0.951. The van der Waals surface area contributed by atoms with Gasteiger partial charge in [-0.2, -0.15) is 15.2 Å². The van der Waals surface area contributed by atoms with Crippen LogP contribution in [0.15, 0.2) is 30.9 Å². The predicted molar refractivity (Wildman–Crippen MR) is 136 cm³/mol. The number of ether oxygens (including phenoxy) is 1. The van der Waals surface area contributed by atoms with Crippen molar-refractivity contribution in [1.82, 2.24) is 39.4 Å². The first-order valence-electron chi connectivity index (χ1n) is 11.6. The monoisotopic (exact) mass is 491 g/mol. The molecule has 1 saturated heterocycles. The molecule has 0 aromatic carbocycles. The smallest absolute Gasteiger partial charge is 0.238 e. The number of nitrogens with zero attached hydrogens (tertiary/aromatic N) is 8. The fourth-order valence-corrected chi connectivity index (χ4v) is 4.20. The summed E-state index contributed by atoms with van der Waals surface area (Å²) >= 11 is 0. The number of fused-ring (bicyclic) bond motifs is 1. The molecule has 0 aliphatic carbocycles. The van der Waals surface area contributed by atoms with Crippen molar-refractivity contribution in [3.8, 4) is 0 Å². The summed E-state index contributed by atoms with van der Waals surface area (Å²) in [5.41, 5.74) is 3.56. The van der Waals surface area contributed by atoms with E-state index in [0.29, 0.717) is 29.6 Å². The summed E-state index contributed by atoms with van der Waals surface area (Å²) in [6.45, 7) is 3.81. The van der Waals surface area contributed by atoms with Crippen molar-refractivity contribution in [2.45, 2.75) is 19.4 Å². The fraction of sp³-hybridized carbons (Fsp3) is 0.391. The molecule has 36 heavy (non-hydrogen) atoms. The Hall–Kier alpha value is -4.10. The Balaban J connectivity index is 1.30. The molecular formula is C23H29N11O2. The number of hydrogen-bond acceptors (Lipinski definition) is 10. The van der Waals surface area contributed by atoms with Gasteiger partial charge in [-0.25, -0.2) is 9.67 Å². The highest BCUT2D eigenvalue weighted by atomic mass is 16.5. The van der Waals surface area contributed by atoms with Crippen LogP contribution in [-0.2, 0) is 23.6 Å². The lowest BCUT2D eigenvalue weighted by atomic mass is 10.2. The molecule has 1 amide bonds. The quantitative estimate of drug-likeness (QED) is 0.335. The zero-order chi connectivity index (χ0) is 25.2. The average Bonchev–Trinajstić information content (AvgIpc) is 3.55. The SMILES string of the molecule is COC1CCN(CC(=O)Nc2cnc(C)c(Nc3nn(C)c4nc(Nc5cnn(C)c5)ncc34)c2)C1. The Morgan fingerprint density at radius 1 is 1.17 bits per heavy atom. The van der Waals surface area contributed by atoms with Crippen molar-refractivity contribution in [2.75, 3.05) is 42.7 Å². The second-order valence-electron chi connectivity index (χ2n) is 8.84. The van der Waals surface area contributed by atoms with E-state index >= 15 is 0 Å². The van der Waals surface area contributed by atoms with Crippen LogP contribution in [0.25, 0.3) is 11.0 Å². The maximum Gasteiger partial charge on any atom is 0.238 e. The van der Waals surface area contributed by atoms with Crippen LogP contribution in [-0.4, -0.2) is 78.2 Å². The number of pyridine rings is 1. The van der Waals surface area contributed by atoms with Crippen LogP contribution in [0, 0.1) is 6.92 Å². The van der Waals surface area contributed by atoms with Crippen LogP contribution in [0.3, 0.4) is 0 Å². The van der Waals surface area contributed by atoms with Gasteiger partial charge in [0.1, 0.15) is 0 Å². The second-order valence-corrected chi connectivity index (χ2v) is 8.84. The molecule has 0 bridgehead atoms. The molecule has 3 N–H and O–H groups in total. The Bertz CT molecular complexity index is 1400. The second kappa shape index (κ2) is 9.87. The van der Waals surface area contributed by atoms with Gasteiger partial charge < -0.3 is 20.7 Å². The third-order valence-corrected chi connectivity index (χ3v) is 6.09. The van der Waals surface area contributed by atoms with E-state index in [4.69, 9.17) is 4.74 Å². The van der Waals surface area contributed by atoms with Crippen molar-refractivity contribution >= 4 is 45.8 Å². The number of methoxy groups -OCH3 is 1. The number of amides is 1. The number of aryl methyl sites for hydroxylation is 3. The number of likely N-dealkylation sites (tertiary alicyclic amines) is 1. The summed E-state index contributed by atoms with van der Waals surface area (Å²) in [7, 11) is 5.37. The van der Waals surface area contributed by atoms with Gasteiger partial charge in [0.05, 0.1) is 53.2 Å². The molecule has 1 aliphatic heterocycles. The molecule has 0 radical (unpaired) electrons. The molecule has 13 nitrogen and oxygen atoms in total. The molecule has 5 heterocycles. The van der Waals surface area contributed by atoms with Crippen molar-refractivity contribution < 1.29 is 9.53 Å². The molecule has 4 aromatic rings. The molecule has 4 aromatic heterocycles. The number of hydrogen-bond donors (Lipinski definition) is 3. The number of carbonyl (C=O) groups is 1. The molecule has 1 fully saturated rings. The first-order valence-corrected chi connectivity index (χ1v) is 11.6. The van der Waals surface area contributed by atoms with E-state index in [1.165, 1.54) is 0 Å². The van der Waals surface area contributed by atoms with Crippen molar-refractivity contribution in [1.29, 1.82) is 0 Å². The van der Waals surface area contributed by atoms with E-state index in [1.807, 2.05) is 33.3 Å². The van der Waals surface area contributed by atoms with Gasteiger partial charge >= 0.3 is 0 Å². The number of carbonyl (C=O) groups excluding carboxylic acids is 1. The largest absolute Gasteiger partial charge is 0.380 e.